The number of hydrogen-bond acceptors (Lipinski definition) is 3. The summed E-state index contributed by atoms with van der Waals surface area (Å²) >= 11 is 0. The van der Waals surface area contributed by atoms with E-state index in [4.69, 9.17) is 5.11 Å². The lowest BCUT2D eigenvalue weighted by Crippen LogP contribution is -2.19. The quantitative estimate of drug-likeness (QED) is 0.605. The summed E-state index contributed by atoms with van der Waals surface area (Å²) < 4.78 is 0. The van der Waals surface area contributed by atoms with E-state index in [0.717, 1.165) is 12.8 Å². The van der Waals surface area contributed by atoms with Crippen molar-refractivity contribution in [3.05, 3.63) is 35.4 Å². The van der Waals surface area contributed by atoms with Crippen molar-refractivity contribution >= 4 is 18.1 Å². The van der Waals surface area contributed by atoms with E-state index in [0.29, 0.717) is 5.56 Å². The van der Waals surface area contributed by atoms with E-state index >= 15 is 0 Å². The molecule has 0 radical (unpaired) electrons. The van der Waals surface area contributed by atoms with E-state index in [1.165, 1.54) is 12.3 Å². The second kappa shape index (κ2) is 4.78. The standard InChI is InChI=1S/C12H12N2O3/c15-11(8-5-6-8)14-13-7-9-3-1-2-4-10(9)12(16)17/h1-4,7-8H,5-6H2,(H,14,15)(H,16,17)/b13-7+. The van der Waals surface area contributed by atoms with Crippen molar-refractivity contribution in [3.63, 3.8) is 0 Å². The third-order valence-electron chi connectivity index (χ3n) is 2.52. The maximum absolute atomic E-state index is 11.3. The van der Waals surface area contributed by atoms with Gasteiger partial charge in [-0.1, -0.05) is 18.2 Å². The zero-order valence-corrected chi connectivity index (χ0v) is 9.09. The molecule has 1 aliphatic carbocycles. The molecule has 5 heteroatoms. The minimum Gasteiger partial charge on any atom is -0.478 e. The van der Waals surface area contributed by atoms with Gasteiger partial charge in [-0.15, -0.1) is 0 Å². The number of carboxylic acid groups (broad SMARTS) is 1. The Kier molecular flexibility index (Phi) is 3.18. The lowest BCUT2D eigenvalue weighted by atomic mass is 10.1. The molecular formula is C12H12N2O3. The summed E-state index contributed by atoms with van der Waals surface area (Å²) in [6.07, 6.45) is 3.17. The van der Waals surface area contributed by atoms with E-state index in [9.17, 15) is 9.59 Å². The number of hydrazone groups is 1. The summed E-state index contributed by atoms with van der Waals surface area (Å²) in [6, 6.07) is 6.49. The maximum Gasteiger partial charge on any atom is 0.336 e. The predicted octanol–water partition coefficient (Wildman–Crippen LogP) is 1.24. The minimum absolute atomic E-state index is 0.0851. The summed E-state index contributed by atoms with van der Waals surface area (Å²) in [5.41, 5.74) is 3.03. The van der Waals surface area contributed by atoms with Gasteiger partial charge in [0.2, 0.25) is 5.91 Å². The lowest BCUT2D eigenvalue weighted by molar-refractivity contribution is -0.122. The zero-order valence-electron chi connectivity index (χ0n) is 9.09. The summed E-state index contributed by atoms with van der Waals surface area (Å²) in [7, 11) is 0. The molecule has 2 rings (SSSR count). The molecule has 0 unspecified atom stereocenters. The van der Waals surface area contributed by atoms with Gasteiger partial charge in [0.05, 0.1) is 11.8 Å². The van der Waals surface area contributed by atoms with Gasteiger partial charge in [0.25, 0.3) is 0 Å². The van der Waals surface area contributed by atoms with Gasteiger partial charge in [0, 0.05) is 11.5 Å². The van der Waals surface area contributed by atoms with Gasteiger partial charge >= 0.3 is 5.97 Å². The molecule has 0 aliphatic heterocycles. The van der Waals surface area contributed by atoms with Gasteiger partial charge in [0.1, 0.15) is 0 Å². The summed E-state index contributed by atoms with van der Waals surface area (Å²) in [5, 5.41) is 12.7. The van der Waals surface area contributed by atoms with Gasteiger partial charge in [0.15, 0.2) is 0 Å². The highest BCUT2D eigenvalue weighted by Crippen LogP contribution is 2.28. The number of nitrogens with one attached hydrogen (secondary N) is 1. The Morgan fingerprint density at radius 2 is 2.06 bits per heavy atom. The van der Waals surface area contributed by atoms with Crippen molar-refractivity contribution in [1.29, 1.82) is 0 Å². The highest BCUT2D eigenvalue weighted by Gasteiger charge is 2.29. The first-order chi connectivity index (χ1) is 8.18. The molecule has 0 spiro atoms. The van der Waals surface area contributed by atoms with Gasteiger partial charge in [-0.3, -0.25) is 4.79 Å². The topological polar surface area (TPSA) is 78.8 Å². The van der Waals surface area contributed by atoms with Crippen molar-refractivity contribution in [3.8, 4) is 0 Å². The fourth-order valence-corrected chi connectivity index (χ4v) is 1.41. The molecule has 17 heavy (non-hydrogen) atoms. The van der Waals surface area contributed by atoms with E-state index in [1.807, 2.05) is 0 Å². The number of nitrogens with zero attached hydrogens (tertiary/aromatic N) is 1. The van der Waals surface area contributed by atoms with Crippen molar-refractivity contribution < 1.29 is 14.7 Å². The van der Waals surface area contributed by atoms with Crippen LogP contribution >= 0.6 is 0 Å². The third kappa shape index (κ3) is 2.90. The van der Waals surface area contributed by atoms with Crippen LogP contribution in [0.2, 0.25) is 0 Å². The van der Waals surface area contributed by atoms with Gasteiger partial charge < -0.3 is 5.11 Å². The van der Waals surface area contributed by atoms with Crippen LogP contribution in [-0.2, 0) is 4.79 Å². The second-order valence-electron chi connectivity index (χ2n) is 3.90. The van der Waals surface area contributed by atoms with E-state index in [1.54, 1.807) is 18.2 Å². The molecule has 1 saturated carbocycles. The van der Waals surface area contributed by atoms with Crippen molar-refractivity contribution in [1.82, 2.24) is 5.43 Å². The Balaban J connectivity index is 2.04. The number of hydrogen-bond donors (Lipinski definition) is 2. The van der Waals surface area contributed by atoms with Crippen LogP contribution in [0.25, 0.3) is 0 Å². The number of carboxylic acids is 1. The van der Waals surface area contributed by atoms with E-state index in [2.05, 4.69) is 10.5 Å². The van der Waals surface area contributed by atoms with E-state index in [-0.39, 0.29) is 17.4 Å². The molecule has 1 aliphatic rings. The Bertz CT molecular complexity index is 478. The predicted molar refractivity (Wildman–Crippen MR) is 61.9 cm³/mol. The zero-order chi connectivity index (χ0) is 12.3. The number of amides is 1. The molecule has 0 aromatic heterocycles. The molecule has 1 aromatic carbocycles. The normalized spacial score (nSPS) is 14.8. The molecule has 2 N–H and O–H groups in total. The Hall–Kier alpha value is -2.17. The average Bonchev–Trinajstić information content (AvgIpc) is 3.13. The molecule has 0 saturated heterocycles. The fourth-order valence-electron chi connectivity index (χ4n) is 1.41. The number of carbonyl (C=O) groups is 2. The van der Waals surface area contributed by atoms with Crippen LogP contribution in [0.1, 0.15) is 28.8 Å². The molecule has 0 heterocycles. The SMILES string of the molecule is O=C(O)c1ccccc1/C=N/NC(=O)C1CC1. The maximum atomic E-state index is 11.3. The van der Waals surface area contributed by atoms with Crippen LogP contribution in [-0.4, -0.2) is 23.2 Å². The van der Waals surface area contributed by atoms with Crippen LogP contribution in [0.4, 0.5) is 0 Å². The highest BCUT2D eigenvalue weighted by molar-refractivity contribution is 5.98. The highest BCUT2D eigenvalue weighted by atomic mass is 16.4. The largest absolute Gasteiger partial charge is 0.478 e. The van der Waals surface area contributed by atoms with Crippen molar-refractivity contribution in [2.24, 2.45) is 11.0 Å². The first-order valence-corrected chi connectivity index (χ1v) is 5.33. The lowest BCUT2D eigenvalue weighted by Gasteiger charge is -2.00. The number of benzene rings is 1. The fraction of sp³-hybridized carbons (Fsp3) is 0.250. The van der Waals surface area contributed by atoms with Crippen LogP contribution in [0, 0.1) is 5.92 Å². The molecular weight excluding hydrogens is 220 g/mol. The molecule has 1 aromatic rings. The molecule has 1 amide bonds. The summed E-state index contributed by atoms with van der Waals surface area (Å²) in [4.78, 5) is 22.2. The van der Waals surface area contributed by atoms with Crippen LogP contribution in [0.5, 0.6) is 0 Å². The molecule has 0 bridgehead atoms. The van der Waals surface area contributed by atoms with Crippen molar-refractivity contribution in [2.45, 2.75) is 12.8 Å². The van der Waals surface area contributed by atoms with Crippen molar-refractivity contribution in [2.75, 3.05) is 0 Å². The first-order valence-electron chi connectivity index (χ1n) is 5.33. The summed E-state index contributed by atoms with van der Waals surface area (Å²) in [5.74, 6) is -1.03. The third-order valence-corrected chi connectivity index (χ3v) is 2.52. The number of aromatic carboxylic acids is 1. The van der Waals surface area contributed by atoms with Gasteiger partial charge in [-0.2, -0.15) is 5.10 Å². The van der Waals surface area contributed by atoms with Gasteiger partial charge in [-0.25, -0.2) is 10.2 Å². The summed E-state index contributed by atoms with van der Waals surface area (Å²) in [6.45, 7) is 0. The Morgan fingerprint density at radius 1 is 1.35 bits per heavy atom. The van der Waals surface area contributed by atoms with E-state index < -0.39 is 5.97 Å². The molecule has 5 nitrogen and oxygen atoms in total. The average molecular weight is 232 g/mol. The molecule has 88 valence electrons. The number of rotatable bonds is 4. The van der Waals surface area contributed by atoms with Crippen LogP contribution in [0.3, 0.4) is 0 Å². The van der Waals surface area contributed by atoms with Crippen LogP contribution < -0.4 is 5.43 Å². The minimum atomic E-state index is -1.01. The molecule has 0 atom stereocenters. The van der Waals surface area contributed by atoms with Gasteiger partial charge in [-0.05, 0) is 18.9 Å². The Morgan fingerprint density at radius 3 is 2.71 bits per heavy atom. The second-order valence-corrected chi connectivity index (χ2v) is 3.90. The number of carbonyl (C=O) groups excluding carboxylic acids is 1. The Labute approximate surface area is 98.1 Å². The smallest absolute Gasteiger partial charge is 0.336 e. The van der Waals surface area contributed by atoms with Crippen LogP contribution in [0.15, 0.2) is 29.4 Å². The first kappa shape index (κ1) is 11.3. The molecule has 1 fully saturated rings. The monoisotopic (exact) mass is 232 g/mol.